The Morgan fingerprint density at radius 1 is 1.50 bits per heavy atom. The molecule has 6 heavy (non-hydrogen) atoms. The second-order valence-electron chi connectivity index (χ2n) is 1.22. The van der Waals surface area contributed by atoms with Gasteiger partial charge in [-0.15, -0.1) is 0 Å². The number of rotatable bonds is 0. The van der Waals surface area contributed by atoms with Gasteiger partial charge in [-0.2, -0.15) is 0 Å². The Labute approximate surface area is 54.8 Å². The predicted molar refractivity (Wildman–Crippen MR) is 29.6 cm³/mol. The molecule has 0 heterocycles. The third-order valence-electron chi connectivity index (χ3n) is 0.289. The molecule has 0 aliphatic rings. The van der Waals surface area contributed by atoms with Gasteiger partial charge in [-0.25, -0.2) is 0 Å². The molecule has 0 saturated heterocycles. The van der Waals surface area contributed by atoms with E-state index in [0.29, 0.717) is 0 Å². The van der Waals surface area contributed by atoms with Crippen LogP contribution in [0.5, 0.6) is 0 Å². The lowest BCUT2D eigenvalue weighted by atomic mass is 10.4. The SMILES string of the molecule is CC(C)=C[SH2+].[Br-]. The van der Waals surface area contributed by atoms with Crippen molar-refractivity contribution in [1.82, 2.24) is 0 Å². The zero-order chi connectivity index (χ0) is 4.28. The summed E-state index contributed by atoms with van der Waals surface area (Å²) in [6, 6.07) is 0. The van der Waals surface area contributed by atoms with E-state index in [9.17, 15) is 0 Å². The fourth-order valence-corrected chi connectivity index (χ4v) is 0. The van der Waals surface area contributed by atoms with Crippen LogP contribution in [0.15, 0.2) is 11.0 Å². The summed E-state index contributed by atoms with van der Waals surface area (Å²) in [7, 11) is 0. The van der Waals surface area contributed by atoms with E-state index in [0.717, 1.165) is 0 Å². The number of hydrogen-bond acceptors (Lipinski definition) is 0. The number of halogens is 1. The van der Waals surface area contributed by atoms with Crippen molar-refractivity contribution in [1.29, 1.82) is 0 Å². The fourth-order valence-electron chi connectivity index (χ4n) is 0. The van der Waals surface area contributed by atoms with E-state index in [1.165, 1.54) is 5.57 Å². The Morgan fingerprint density at radius 3 is 1.67 bits per heavy atom. The normalized spacial score (nSPS) is 5.83. The molecule has 0 spiro atoms. The van der Waals surface area contributed by atoms with Crippen LogP contribution in [0, 0.1) is 0 Å². The van der Waals surface area contributed by atoms with Crippen LogP contribution in [0.4, 0.5) is 0 Å². The zero-order valence-electron chi connectivity index (χ0n) is 3.96. The summed E-state index contributed by atoms with van der Waals surface area (Å²) in [5.41, 5.74) is 1.29. The summed E-state index contributed by atoms with van der Waals surface area (Å²) in [4.78, 5) is 0. The van der Waals surface area contributed by atoms with E-state index in [-0.39, 0.29) is 17.0 Å². The quantitative estimate of drug-likeness (QED) is 0.365. The first-order valence-corrected chi connectivity index (χ1v) is 2.15. The highest BCUT2D eigenvalue weighted by Crippen LogP contribution is 1.81. The minimum absolute atomic E-state index is 0. The van der Waals surface area contributed by atoms with Crippen molar-refractivity contribution in [3.05, 3.63) is 11.0 Å². The van der Waals surface area contributed by atoms with Crippen LogP contribution in [0.2, 0.25) is 0 Å². The van der Waals surface area contributed by atoms with Crippen LogP contribution in [0.1, 0.15) is 13.8 Å². The number of allylic oxidation sites excluding steroid dienone is 1. The zero-order valence-corrected chi connectivity index (χ0v) is 6.54. The van der Waals surface area contributed by atoms with Crippen molar-refractivity contribution >= 4 is 12.6 Å². The molecule has 0 radical (unpaired) electrons. The Hall–Kier alpha value is 0.570. The summed E-state index contributed by atoms with van der Waals surface area (Å²) >= 11 is 3.19. The van der Waals surface area contributed by atoms with Gasteiger partial charge in [0.1, 0.15) is 5.41 Å². The average Bonchev–Trinajstić information content (AvgIpc) is 1.38. The Bertz CT molecular complexity index is 45.5. The van der Waals surface area contributed by atoms with Crippen LogP contribution in [0.25, 0.3) is 0 Å². The second kappa shape index (κ2) is 5.57. The Balaban J connectivity index is 0. The molecule has 0 bridgehead atoms. The van der Waals surface area contributed by atoms with Gasteiger partial charge in [0.25, 0.3) is 0 Å². The first kappa shape index (κ1) is 9.76. The van der Waals surface area contributed by atoms with Crippen molar-refractivity contribution in [3.8, 4) is 0 Å². The maximum absolute atomic E-state index is 3.19. The molecule has 2 heteroatoms. The molecule has 0 rings (SSSR count). The average molecular weight is 169 g/mol. The van der Waals surface area contributed by atoms with Crippen molar-refractivity contribution < 1.29 is 17.0 Å². The maximum Gasteiger partial charge on any atom is 0.113 e. The molecule has 0 saturated carbocycles. The van der Waals surface area contributed by atoms with Gasteiger partial charge in [0.2, 0.25) is 0 Å². The van der Waals surface area contributed by atoms with Gasteiger partial charge in [-0.05, 0) is 32.0 Å². The molecule has 0 nitrogen and oxygen atoms in total. The third kappa shape index (κ3) is 8.82. The molecule has 0 aliphatic carbocycles. The van der Waals surface area contributed by atoms with E-state index in [1.54, 1.807) is 0 Å². The maximum atomic E-state index is 3.19. The molecule has 0 fully saturated rings. The van der Waals surface area contributed by atoms with Gasteiger partial charge in [-0.3, -0.25) is 0 Å². The van der Waals surface area contributed by atoms with Crippen molar-refractivity contribution in [3.63, 3.8) is 0 Å². The third-order valence-corrected chi connectivity index (χ3v) is 0.866. The van der Waals surface area contributed by atoms with Crippen LogP contribution < -0.4 is 17.0 Å². The lowest BCUT2D eigenvalue weighted by Crippen LogP contribution is -3.00. The summed E-state index contributed by atoms with van der Waals surface area (Å²) in [6.07, 6.45) is 0. The summed E-state index contributed by atoms with van der Waals surface area (Å²) in [6.45, 7) is 4.07. The van der Waals surface area contributed by atoms with Gasteiger partial charge in [-0.1, -0.05) is 0 Å². The lowest BCUT2D eigenvalue weighted by Gasteiger charge is -1.67. The van der Waals surface area contributed by atoms with E-state index in [2.05, 4.69) is 12.6 Å². The largest absolute Gasteiger partial charge is 1.00 e. The first-order chi connectivity index (χ1) is 2.27. The van der Waals surface area contributed by atoms with E-state index >= 15 is 0 Å². The van der Waals surface area contributed by atoms with Crippen LogP contribution in [0.3, 0.4) is 0 Å². The molecule has 0 unspecified atom stereocenters. The molecule has 0 atom stereocenters. The van der Waals surface area contributed by atoms with E-state index in [4.69, 9.17) is 0 Å². The molecule has 0 amide bonds. The highest BCUT2D eigenvalue weighted by atomic mass is 79.9. The Kier molecular flexibility index (Phi) is 9.06. The predicted octanol–water partition coefficient (Wildman–Crippen LogP) is -2.07. The molecule has 38 valence electrons. The van der Waals surface area contributed by atoms with Gasteiger partial charge in [0, 0.05) is 0 Å². The highest BCUT2D eigenvalue weighted by Gasteiger charge is 1.67. The number of hydrogen-bond donors (Lipinski definition) is 0. The van der Waals surface area contributed by atoms with Gasteiger partial charge < -0.3 is 17.0 Å². The van der Waals surface area contributed by atoms with Gasteiger partial charge in [0.05, 0.1) is 0 Å². The van der Waals surface area contributed by atoms with Gasteiger partial charge >= 0.3 is 0 Å². The Morgan fingerprint density at radius 2 is 1.67 bits per heavy atom. The smallest absolute Gasteiger partial charge is 0.113 e. The minimum atomic E-state index is 0. The monoisotopic (exact) mass is 168 g/mol. The molecular formula is C4H9BrS. The topological polar surface area (TPSA) is 0 Å². The minimum Gasteiger partial charge on any atom is -1.00 e. The van der Waals surface area contributed by atoms with Crippen molar-refractivity contribution in [2.45, 2.75) is 13.8 Å². The van der Waals surface area contributed by atoms with Crippen molar-refractivity contribution in [2.24, 2.45) is 0 Å². The summed E-state index contributed by atoms with van der Waals surface area (Å²) in [5.74, 6) is 0. The lowest BCUT2D eigenvalue weighted by molar-refractivity contribution is -0.00000116. The standard InChI is InChI=1S/C4H8S.BrH/c1-4(2)3-5;/h3,5H,1-2H3;1H. The molecule has 0 aromatic rings. The van der Waals surface area contributed by atoms with Crippen LogP contribution in [-0.2, 0) is 12.6 Å². The summed E-state index contributed by atoms with van der Waals surface area (Å²) < 4.78 is 0. The second-order valence-corrected chi connectivity index (χ2v) is 1.51. The first-order valence-electron chi connectivity index (χ1n) is 1.58. The van der Waals surface area contributed by atoms with E-state index in [1.807, 2.05) is 19.3 Å². The molecule has 0 aliphatic heterocycles. The van der Waals surface area contributed by atoms with Crippen LogP contribution >= 0.6 is 0 Å². The summed E-state index contributed by atoms with van der Waals surface area (Å²) in [5, 5.41) is 1.89. The molecule has 0 aromatic carbocycles. The fraction of sp³-hybridized carbons (Fsp3) is 0.500. The molecule has 0 N–H and O–H groups in total. The van der Waals surface area contributed by atoms with Crippen LogP contribution in [-0.4, -0.2) is 0 Å². The van der Waals surface area contributed by atoms with E-state index < -0.39 is 0 Å². The molecule has 0 aromatic heterocycles. The van der Waals surface area contributed by atoms with Gasteiger partial charge in [0.15, 0.2) is 0 Å². The van der Waals surface area contributed by atoms with Crippen molar-refractivity contribution in [2.75, 3.05) is 0 Å². The highest BCUT2D eigenvalue weighted by molar-refractivity contribution is 7.62. The molecular weight excluding hydrogens is 160 g/mol.